The maximum Gasteiger partial charge on any atom is 0.159 e. The normalized spacial score (nSPS) is 10.4. The molecular weight excluding hydrogens is 279 g/mol. The second kappa shape index (κ2) is 6.06. The van der Waals surface area contributed by atoms with Gasteiger partial charge in [0, 0.05) is 5.56 Å². The molecule has 104 valence electrons. The second-order valence-electron chi connectivity index (χ2n) is 4.56. The molecule has 0 amide bonds. The van der Waals surface area contributed by atoms with Crippen molar-refractivity contribution in [2.75, 3.05) is 0 Å². The molecule has 2 nitrogen and oxygen atoms in total. The van der Waals surface area contributed by atoms with Crippen LogP contribution in [0.2, 0.25) is 5.02 Å². The Hall–Kier alpha value is -1.87. The minimum Gasteiger partial charge on any atom is -0.487 e. The number of carbonyl (C=O) groups is 1. The number of aryl methyl sites for hydroxylation is 1. The summed E-state index contributed by atoms with van der Waals surface area (Å²) in [6, 6.07) is 9.42. The van der Waals surface area contributed by atoms with Crippen LogP contribution in [0.5, 0.6) is 5.75 Å². The van der Waals surface area contributed by atoms with Crippen LogP contribution in [-0.4, -0.2) is 5.78 Å². The number of benzene rings is 2. The van der Waals surface area contributed by atoms with Crippen molar-refractivity contribution in [3.8, 4) is 5.75 Å². The molecule has 0 unspecified atom stereocenters. The van der Waals surface area contributed by atoms with Gasteiger partial charge in [-0.2, -0.15) is 0 Å². The molecule has 0 atom stereocenters. The maximum atomic E-state index is 13.2. The van der Waals surface area contributed by atoms with E-state index in [-0.39, 0.29) is 18.2 Å². The predicted molar refractivity (Wildman–Crippen MR) is 76.9 cm³/mol. The van der Waals surface area contributed by atoms with Gasteiger partial charge in [-0.3, -0.25) is 4.79 Å². The van der Waals surface area contributed by atoms with Gasteiger partial charge in [0.05, 0.1) is 5.02 Å². The van der Waals surface area contributed by atoms with Gasteiger partial charge in [0.1, 0.15) is 18.2 Å². The first-order chi connectivity index (χ1) is 9.47. The first-order valence-corrected chi connectivity index (χ1v) is 6.53. The lowest BCUT2D eigenvalue weighted by atomic mass is 10.1. The number of Topliss-reactive ketones (excluding diaryl/α,β-unsaturated/α-hetero) is 1. The number of hydrogen-bond donors (Lipinski definition) is 0. The Morgan fingerprint density at radius 2 is 2.00 bits per heavy atom. The Labute approximate surface area is 122 Å². The highest BCUT2D eigenvalue weighted by atomic mass is 35.5. The lowest BCUT2D eigenvalue weighted by Crippen LogP contribution is -2.00. The Kier molecular flexibility index (Phi) is 4.40. The lowest BCUT2D eigenvalue weighted by molar-refractivity contribution is 0.101. The molecule has 0 aliphatic carbocycles. The van der Waals surface area contributed by atoms with E-state index in [4.69, 9.17) is 16.3 Å². The third kappa shape index (κ3) is 3.36. The summed E-state index contributed by atoms with van der Waals surface area (Å²) in [6.45, 7) is 3.59. The lowest BCUT2D eigenvalue weighted by Gasteiger charge is -2.10. The molecule has 0 aliphatic heterocycles. The Morgan fingerprint density at radius 1 is 1.25 bits per heavy atom. The summed E-state index contributed by atoms with van der Waals surface area (Å²) in [5.74, 6) is 0.118. The summed E-state index contributed by atoms with van der Waals surface area (Å²) in [7, 11) is 0. The summed E-state index contributed by atoms with van der Waals surface area (Å²) >= 11 is 6.06. The van der Waals surface area contributed by atoms with Crippen LogP contribution in [0.15, 0.2) is 36.4 Å². The molecular formula is C16H14ClFO2. The topological polar surface area (TPSA) is 26.3 Å². The molecule has 0 saturated carbocycles. The van der Waals surface area contributed by atoms with E-state index in [0.717, 1.165) is 11.1 Å². The number of ketones is 1. The van der Waals surface area contributed by atoms with E-state index >= 15 is 0 Å². The van der Waals surface area contributed by atoms with E-state index in [9.17, 15) is 9.18 Å². The standard InChI is InChI=1S/C16H14ClFO2/c1-10-3-5-14(18)7-13(10)9-20-16-6-4-12(11(2)19)8-15(16)17/h3-8H,9H2,1-2H3. The summed E-state index contributed by atoms with van der Waals surface area (Å²) in [5.41, 5.74) is 2.24. The first-order valence-electron chi connectivity index (χ1n) is 6.15. The van der Waals surface area contributed by atoms with E-state index in [1.807, 2.05) is 6.92 Å². The van der Waals surface area contributed by atoms with Gasteiger partial charge >= 0.3 is 0 Å². The molecule has 0 aliphatic rings. The van der Waals surface area contributed by atoms with Crippen molar-refractivity contribution in [3.63, 3.8) is 0 Å². The highest BCUT2D eigenvalue weighted by molar-refractivity contribution is 6.32. The summed E-state index contributed by atoms with van der Waals surface area (Å²) in [4.78, 5) is 11.2. The van der Waals surface area contributed by atoms with Gasteiger partial charge < -0.3 is 4.74 Å². The van der Waals surface area contributed by atoms with E-state index in [1.165, 1.54) is 19.1 Å². The molecule has 2 aromatic rings. The highest BCUT2D eigenvalue weighted by Crippen LogP contribution is 2.27. The third-order valence-corrected chi connectivity index (χ3v) is 3.33. The average Bonchev–Trinajstić information content (AvgIpc) is 2.40. The first kappa shape index (κ1) is 14.5. The van der Waals surface area contributed by atoms with Gasteiger partial charge in [-0.25, -0.2) is 4.39 Å². The highest BCUT2D eigenvalue weighted by Gasteiger charge is 2.07. The smallest absolute Gasteiger partial charge is 0.159 e. The van der Waals surface area contributed by atoms with E-state index < -0.39 is 0 Å². The minimum atomic E-state index is -0.299. The number of hydrogen-bond acceptors (Lipinski definition) is 2. The Morgan fingerprint density at radius 3 is 2.65 bits per heavy atom. The molecule has 4 heteroatoms. The molecule has 0 saturated heterocycles. The van der Waals surface area contributed by atoms with Crippen molar-refractivity contribution in [1.29, 1.82) is 0 Å². The van der Waals surface area contributed by atoms with Gasteiger partial charge in [0.15, 0.2) is 5.78 Å². The summed E-state index contributed by atoms with van der Waals surface area (Å²) < 4.78 is 18.8. The van der Waals surface area contributed by atoms with Crippen LogP contribution < -0.4 is 4.74 Å². The van der Waals surface area contributed by atoms with Gasteiger partial charge in [0.2, 0.25) is 0 Å². The number of halogens is 2. The molecule has 0 N–H and O–H groups in total. The fourth-order valence-corrected chi connectivity index (χ4v) is 2.02. The Balaban J connectivity index is 2.15. The fraction of sp³-hybridized carbons (Fsp3) is 0.188. The fourth-order valence-electron chi connectivity index (χ4n) is 1.79. The zero-order valence-electron chi connectivity index (χ0n) is 11.2. The van der Waals surface area contributed by atoms with Gasteiger partial charge in [0.25, 0.3) is 0 Å². The van der Waals surface area contributed by atoms with Gasteiger partial charge in [-0.15, -0.1) is 0 Å². The number of ether oxygens (including phenoxy) is 1. The SMILES string of the molecule is CC(=O)c1ccc(OCc2cc(F)ccc2C)c(Cl)c1. The van der Waals surface area contributed by atoms with Crippen LogP contribution in [-0.2, 0) is 6.61 Å². The second-order valence-corrected chi connectivity index (χ2v) is 4.97. The molecule has 0 spiro atoms. The molecule has 2 aromatic carbocycles. The Bertz CT molecular complexity index is 653. The van der Waals surface area contributed by atoms with E-state index in [1.54, 1.807) is 24.3 Å². The van der Waals surface area contributed by atoms with Crippen LogP contribution in [0, 0.1) is 12.7 Å². The van der Waals surface area contributed by atoms with Crippen molar-refractivity contribution in [1.82, 2.24) is 0 Å². The van der Waals surface area contributed by atoms with Crippen LogP contribution in [0.25, 0.3) is 0 Å². The van der Waals surface area contributed by atoms with Crippen LogP contribution in [0.1, 0.15) is 28.4 Å². The molecule has 0 heterocycles. The quantitative estimate of drug-likeness (QED) is 0.772. The molecule has 0 fully saturated rings. The molecule has 0 aromatic heterocycles. The van der Waals surface area contributed by atoms with Crippen LogP contribution in [0.4, 0.5) is 4.39 Å². The van der Waals surface area contributed by atoms with Crippen molar-refractivity contribution in [2.45, 2.75) is 20.5 Å². The largest absolute Gasteiger partial charge is 0.487 e. The summed E-state index contributed by atoms with van der Waals surface area (Å²) in [5, 5.41) is 0.367. The van der Waals surface area contributed by atoms with Crippen LogP contribution >= 0.6 is 11.6 Å². The summed E-state index contributed by atoms with van der Waals surface area (Å²) in [6.07, 6.45) is 0. The maximum absolute atomic E-state index is 13.2. The zero-order chi connectivity index (χ0) is 14.7. The number of rotatable bonds is 4. The minimum absolute atomic E-state index is 0.0561. The van der Waals surface area contributed by atoms with Crippen LogP contribution in [0.3, 0.4) is 0 Å². The zero-order valence-corrected chi connectivity index (χ0v) is 12.0. The molecule has 0 bridgehead atoms. The van der Waals surface area contributed by atoms with Crippen molar-refractivity contribution in [3.05, 3.63) is 63.9 Å². The van der Waals surface area contributed by atoms with Crippen molar-refractivity contribution in [2.24, 2.45) is 0 Å². The third-order valence-electron chi connectivity index (χ3n) is 3.03. The van der Waals surface area contributed by atoms with Crippen molar-refractivity contribution >= 4 is 17.4 Å². The van der Waals surface area contributed by atoms with E-state index in [0.29, 0.717) is 16.3 Å². The van der Waals surface area contributed by atoms with Crippen molar-refractivity contribution < 1.29 is 13.9 Å². The average molecular weight is 293 g/mol. The van der Waals surface area contributed by atoms with Gasteiger partial charge in [-0.05, 0) is 55.3 Å². The van der Waals surface area contributed by atoms with E-state index in [2.05, 4.69) is 0 Å². The van der Waals surface area contributed by atoms with Gasteiger partial charge in [-0.1, -0.05) is 17.7 Å². The molecule has 2 rings (SSSR count). The molecule has 0 radical (unpaired) electrons. The monoisotopic (exact) mass is 292 g/mol. The predicted octanol–water partition coefficient (Wildman–Crippen LogP) is 4.57. The number of carbonyl (C=O) groups excluding carboxylic acids is 1. The molecule has 20 heavy (non-hydrogen) atoms.